The third kappa shape index (κ3) is 5.90. The first-order valence-electron chi connectivity index (χ1n) is 13.5. The van der Waals surface area contributed by atoms with E-state index in [1.165, 1.54) is 0 Å². The smallest absolute Gasteiger partial charge is 0.309 e. The Bertz CT molecular complexity index is 1060. The minimum atomic E-state index is -1.13. The molecule has 0 spiro atoms. The predicted molar refractivity (Wildman–Crippen MR) is 147 cm³/mol. The van der Waals surface area contributed by atoms with Crippen molar-refractivity contribution in [2.24, 2.45) is 5.92 Å². The average Bonchev–Trinajstić information content (AvgIpc) is 3.32. The van der Waals surface area contributed by atoms with Gasteiger partial charge in [-0.1, -0.05) is 38.8 Å². The van der Waals surface area contributed by atoms with Gasteiger partial charge in [0.1, 0.15) is 17.2 Å². The van der Waals surface area contributed by atoms with Crippen LogP contribution in [-0.2, 0) is 15.1 Å². The first kappa shape index (κ1) is 29.3. The molecule has 1 aliphatic heterocycles. The van der Waals surface area contributed by atoms with E-state index in [0.717, 1.165) is 31.2 Å². The van der Waals surface area contributed by atoms with Crippen LogP contribution in [0, 0.1) is 5.92 Å². The number of likely N-dealkylation sites (tertiary alicyclic amines) is 1. The highest BCUT2D eigenvalue weighted by Gasteiger charge is 2.56. The molecule has 0 radical (unpaired) electrons. The van der Waals surface area contributed by atoms with E-state index in [1.54, 1.807) is 27.4 Å². The molecule has 2 aromatic rings. The number of unbranched alkanes of at least 4 members (excludes halogenated alkanes) is 2. The second-order valence-corrected chi connectivity index (χ2v) is 9.75. The molecule has 2 atom stereocenters. The van der Waals surface area contributed by atoms with Crippen LogP contribution in [0.3, 0.4) is 0 Å². The zero-order valence-electron chi connectivity index (χ0n) is 23.4. The number of carbonyl (C=O) groups is 2. The Balaban J connectivity index is 2.19. The molecule has 8 heteroatoms. The molecule has 0 bridgehead atoms. The maximum atomic E-state index is 13.8. The number of methoxy groups -OCH3 is 3. The van der Waals surface area contributed by atoms with Crippen molar-refractivity contribution in [2.75, 3.05) is 47.5 Å². The van der Waals surface area contributed by atoms with Gasteiger partial charge < -0.3 is 24.2 Å². The summed E-state index contributed by atoms with van der Waals surface area (Å²) in [6, 6.07) is 12.9. The number of hydrogen-bond acceptors (Lipinski definition) is 6. The molecule has 1 heterocycles. The quantitative estimate of drug-likeness (QED) is 0.379. The van der Waals surface area contributed by atoms with E-state index in [-0.39, 0.29) is 12.5 Å². The standard InChI is InChI=1S/C30H42N2O6/c1-6-8-17-31(18-9-7-2)28(33)21-32-19-16-26(29(34)35)30(32,22-10-12-23(36-3)13-11-22)25-15-14-24(37-4)20-27(25)38-5/h10-15,20,26H,6-9,16-19,21H2,1-5H3,(H,34,35)/t26-,30-/m1/s1. The van der Waals surface area contributed by atoms with Gasteiger partial charge in [-0.25, -0.2) is 0 Å². The number of carboxylic acid groups (broad SMARTS) is 1. The molecule has 1 amide bonds. The fourth-order valence-electron chi connectivity index (χ4n) is 5.57. The molecule has 0 aliphatic carbocycles. The Labute approximate surface area is 226 Å². The molecular weight excluding hydrogens is 484 g/mol. The lowest BCUT2D eigenvalue weighted by atomic mass is 9.73. The van der Waals surface area contributed by atoms with E-state index in [2.05, 4.69) is 13.8 Å². The van der Waals surface area contributed by atoms with Gasteiger partial charge in [-0.05, 0) is 49.1 Å². The summed E-state index contributed by atoms with van der Waals surface area (Å²) in [5.74, 6) is 0.0905. The van der Waals surface area contributed by atoms with E-state index in [1.807, 2.05) is 46.2 Å². The highest BCUT2D eigenvalue weighted by atomic mass is 16.5. The molecule has 1 N–H and O–H groups in total. The lowest BCUT2D eigenvalue weighted by Gasteiger charge is -2.43. The maximum absolute atomic E-state index is 13.8. The zero-order chi connectivity index (χ0) is 27.7. The maximum Gasteiger partial charge on any atom is 0.309 e. The number of nitrogens with zero attached hydrogens (tertiary/aromatic N) is 2. The highest BCUT2D eigenvalue weighted by molar-refractivity contribution is 5.80. The fraction of sp³-hybridized carbons (Fsp3) is 0.533. The number of carbonyl (C=O) groups excluding carboxylic acids is 1. The Morgan fingerprint density at radius 1 is 0.947 bits per heavy atom. The number of carboxylic acids is 1. The predicted octanol–water partition coefficient (Wildman–Crippen LogP) is 4.79. The summed E-state index contributed by atoms with van der Waals surface area (Å²) in [6.45, 7) is 6.20. The monoisotopic (exact) mass is 526 g/mol. The summed E-state index contributed by atoms with van der Waals surface area (Å²) in [7, 11) is 4.74. The molecule has 2 aromatic carbocycles. The van der Waals surface area contributed by atoms with Gasteiger partial charge in [0.15, 0.2) is 0 Å². The Morgan fingerprint density at radius 3 is 2.08 bits per heavy atom. The normalized spacial score (nSPS) is 19.2. The summed E-state index contributed by atoms with van der Waals surface area (Å²) >= 11 is 0. The summed E-state index contributed by atoms with van der Waals surface area (Å²) in [4.78, 5) is 30.6. The SMILES string of the molecule is CCCCN(CCCC)C(=O)CN1CC[C@H](C(=O)O)[C@@]1(c1ccc(OC)cc1)c1ccc(OC)cc1OC. The van der Waals surface area contributed by atoms with Gasteiger partial charge in [0.25, 0.3) is 0 Å². The summed E-state index contributed by atoms with van der Waals surface area (Å²) in [6.07, 6.45) is 4.26. The van der Waals surface area contributed by atoms with E-state index in [4.69, 9.17) is 14.2 Å². The van der Waals surface area contributed by atoms with Gasteiger partial charge in [0.2, 0.25) is 5.91 Å². The van der Waals surface area contributed by atoms with Crippen LogP contribution in [0.5, 0.6) is 17.2 Å². The van der Waals surface area contributed by atoms with E-state index >= 15 is 0 Å². The Hall–Kier alpha value is -3.26. The van der Waals surface area contributed by atoms with Crippen molar-refractivity contribution in [3.63, 3.8) is 0 Å². The van der Waals surface area contributed by atoms with Gasteiger partial charge in [-0.2, -0.15) is 0 Å². The second kappa shape index (κ2) is 13.5. The van der Waals surface area contributed by atoms with Crippen molar-refractivity contribution in [1.82, 2.24) is 9.80 Å². The minimum absolute atomic E-state index is 0.0169. The molecule has 8 nitrogen and oxygen atoms in total. The van der Waals surface area contributed by atoms with Crippen LogP contribution >= 0.6 is 0 Å². The van der Waals surface area contributed by atoms with Gasteiger partial charge in [0.05, 0.1) is 39.3 Å². The van der Waals surface area contributed by atoms with Crippen LogP contribution in [0.2, 0.25) is 0 Å². The second-order valence-electron chi connectivity index (χ2n) is 9.75. The van der Waals surface area contributed by atoms with Crippen LogP contribution < -0.4 is 14.2 Å². The molecule has 0 aromatic heterocycles. The molecule has 38 heavy (non-hydrogen) atoms. The van der Waals surface area contributed by atoms with Gasteiger partial charge in [-0.3, -0.25) is 14.5 Å². The van der Waals surface area contributed by atoms with E-state index in [9.17, 15) is 14.7 Å². The molecule has 1 fully saturated rings. The molecule has 0 saturated carbocycles. The third-order valence-electron chi connectivity index (χ3n) is 7.58. The molecule has 3 rings (SSSR count). The summed E-state index contributed by atoms with van der Waals surface area (Å²) < 4.78 is 16.6. The summed E-state index contributed by atoms with van der Waals surface area (Å²) in [5, 5.41) is 10.5. The van der Waals surface area contributed by atoms with Crippen LogP contribution in [0.4, 0.5) is 0 Å². The number of benzene rings is 2. The van der Waals surface area contributed by atoms with Crippen LogP contribution in [0.25, 0.3) is 0 Å². The minimum Gasteiger partial charge on any atom is -0.497 e. The number of rotatable bonds is 14. The van der Waals surface area contributed by atoms with Crippen molar-refractivity contribution in [3.8, 4) is 17.2 Å². The number of amides is 1. The van der Waals surface area contributed by atoms with E-state index < -0.39 is 17.4 Å². The fourth-order valence-corrected chi connectivity index (χ4v) is 5.57. The average molecular weight is 527 g/mol. The first-order valence-corrected chi connectivity index (χ1v) is 13.5. The zero-order valence-corrected chi connectivity index (χ0v) is 23.4. The number of ether oxygens (including phenoxy) is 3. The number of aliphatic carboxylic acids is 1. The topological polar surface area (TPSA) is 88.5 Å². The molecule has 1 saturated heterocycles. The first-order chi connectivity index (χ1) is 18.4. The molecular formula is C30H42N2O6. The Kier molecular flexibility index (Phi) is 10.4. The van der Waals surface area contributed by atoms with Crippen molar-refractivity contribution >= 4 is 11.9 Å². The van der Waals surface area contributed by atoms with Gasteiger partial charge >= 0.3 is 5.97 Å². The van der Waals surface area contributed by atoms with Crippen molar-refractivity contribution in [1.29, 1.82) is 0 Å². The summed E-state index contributed by atoms with van der Waals surface area (Å²) in [5.41, 5.74) is 0.331. The van der Waals surface area contributed by atoms with Crippen molar-refractivity contribution in [2.45, 2.75) is 51.5 Å². The molecule has 1 aliphatic rings. The number of hydrogen-bond donors (Lipinski definition) is 1. The lowest BCUT2D eigenvalue weighted by molar-refractivity contribution is -0.145. The highest BCUT2D eigenvalue weighted by Crippen LogP contribution is 2.52. The third-order valence-corrected chi connectivity index (χ3v) is 7.58. The van der Waals surface area contributed by atoms with Crippen LogP contribution in [0.1, 0.15) is 57.1 Å². The molecule has 208 valence electrons. The van der Waals surface area contributed by atoms with Crippen molar-refractivity contribution < 1.29 is 28.9 Å². The van der Waals surface area contributed by atoms with Gasteiger partial charge in [0, 0.05) is 31.3 Å². The largest absolute Gasteiger partial charge is 0.497 e. The van der Waals surface area contributed by atoms with E-state index in [0.29, 0.717) is 48.9 Å². The Morgan fingerprint density at radius 2 is 1.55 bits per heavy atom. The van der Waals surface area contributed by atoms with Crippen LogP contribution in [-0.4, -0.2) is 74.3 Å². The molecule has 0 unspecified atom stereocenters. The van der Waals surface area contributed by atoms with Crippen molar-refractivity contribution in [3.05, 3.63) is 53.6 Å². The van der Waals surface area contributed by atoms with Gasteiger partial charge in [-0.15, -0.1) is 0 Å². The lowest BCUT2D eigenvalue weighted by Crippen LogP contribution is -2.52. The van der Waals surface area contributed by atoms with Crippen LogP contribution in [0.15, 0.2) is 42.5 Å².